The van der Waals surface area contributed by atoms with Crippen molar-refractivity contribution in [1.82, 2.24) is 0 Å². The molecule has 136 valence electrons. The minimum absolute atomic E-state index is 0.133. The number of halogens is 2. The van der Waals surface area contributed by atoms with Crippen molar-refractivity contribution in [2.75, 3.05) is 23.9 Å². The van der Waals surface area contributed by atoms with Gasteiger partial charge in [-0.3, -0.25) is 9.59 Å². The molecule has 26 heavy (non-hydrogen) atoms. The lowest BCUT2D eigenvalue weighted by Gasteiger charge is -2.20. The number of nitrogens with zero attached hydrogens (tertiary/aromatic N) is 1. The summed E-state index contributed by atoms with van der Waals surface area (Å²) in [5, 5.41) is 3.98. The fourth-order valence-electron chi connectivity index (χ4n) is 2.99. The highest BCUT2D eigenvalue weighted by Gasteiger charge is 2.36. The number of anilines is 2. The fraction of sp³-hybridized carbons (Fsp3) is 0.263. The van der Waals surface area contributed by atoms with Crippen LogP contribution in [-0.2, 0) is 9.59 Å². The molecule has 1 aliphatic rings. The number of methoxy groups -OCH3 is 1. The van der Waals surface area contributed by atoms with E-state index in [0.717, 1.165) is 5.56 Å². The molecular formula is C19H18Cl2N2O3. The van der Waals surface area contributed by atoms with Crippen molar-refractivity contribution >= 4 is 46.4 Å². The first kappa shape index (κ1) is 18.5. The van der Waals surface area contributed by atoms with Gasteiger partial charge < -0.3 is 15.0 Å². The molecule has 0 aliphatic carbocycles. The van der Waals surface area contributed by atoms with E-state index >= 15 is 0 Å². The van der Waals surface area contributed by atoms with Crippen molar-refractivity contribution in [2.24, 2.45) is 5.92 Å². The molecule has 7 heteroatoms. The number of amides is 2. The Bertz CT molecular complexity index is 870. The van der Waals surface area contributed by atoms with Gasteiger partial charge in [-0.1, -0.05) is 23.2 Å². The molecule has 1 saturated heterocycles. The van der Waals surface area contributed by atoms with Crippen LogP contribution in [0.1, 0.15) is 12.0 Å². The van der Waals surface area contributed by atoms with Crippen LogP contribution in [0.3, 0.4) is 0 Å². The highest BCUT2D eigenvalue weighted by Crippen LogP contribution is 2.35. The molecule has 1 heterocycles. The molecule has 1 N–H and O–H groups in total. The van der Waals surface area contributed by atoms with Gasteiger partial charge >= 0.3 is 0 Å². The molecule has 3 rings (SSSR count). The van der Waals surface area contributed by atoms with E-state index in [1.807, 2.05) is 6.92 Å². The molecule has 0 aromatic heterocycles. The molecule has 1 atom stereocenters. The Hall–Kier alpha value is -2.24. The van der Waals surface area contributed by atoms with Gasteiger partial charge in [-0.15, -0.1) is 0 Å². The van der Waals surface area contributed by atoms with Gasteiger partial charge in [-0.05, 0) is 48.9 Å². The second kappa shape index (κ2) is 7.56. The van der Waals surface area contributed by atoms with Gasteiger partial charge in [0, 0.05) is 28.7 Å². The van der Waals surface area contributed by atoms with E-state index in [1.54, 1.807) is 41.3 Å². The molecule has 0 saturated carbocycles. The standard InChI is InChI=1S/C19H18Cl2N2O3/c1-11-7-13(20)3-5-15(11)22-19(25)12-8-18(24)23(10-12)16-9-14(21)4-6-17(16)26-2/h3-7,9,12H,8,10H2,1-2H3,(H,22,25)/t12-/m1/s1. The first-order valence-corrected chi connectivity index (χ1v) is 8.85. The van der Waals surface area contributed by atoms with Crippen LogP contribution in [0.4, 0.5) is 11.4 Å². The molecule has 0 bridgehead atoms. The van der Waals surface area contributed by atoms with Crippen molar-refractivity contribution in [3.8, 4) is 5.75 Å². The van der Waals surface area contributed by atoms with Gasteiger partial charge in [0.15, 0.2) is 0 Å². The van der Waals surface area contributed by atoms with Crippen molar-refractivity contribution in [2.45, 2.75) is 13.3 Å². The third kappa shape index (κ3) is 3.79. The molecule has 0 radical (unpaired) electrons. The summed E-state index contributed by atoms with van der Waals surface area (Å²) in [5.74, 6) is -0.260. The molecule has 1 aliphatic heterocycles. The Kier molecular flexibility index (Phi) is 5.39. The zero-order chi connectivity index (χ0) is 18.8. The highest BCUT2D eigenvalue weighted by atomic mass is 35.5. The lowest BCUT2D eigenvalue weighted by atomic mass is 10.1. The molecule has 2 amide bonds. The van der Waals surface area contributed by atoms with Crippen molar-refractivity contribution < 1.29 is 14.3 Å². The van der Waals surface area contributed by atoms with Crippen molar-refractivity contribution in [3.05, 3.63) is 52.0 Å². The van der Waals surface area contributed by atoms with Crippen LogP contribution in [0.15, 0.2) is 36.4 Å². The smallest absolute Gasteiger partial charge is 0.229 e. The molecule has 5 nitrogen and oxygen atoms in total. The van der Waals surface area contributed by atoms with E-state index in [9.17, 15) is 9.59 Å². The number of carbonyl (C=O) groups excluding carboxylic acids is 2. The number of hydrogen-bond donors (Lipinski definition) is 1. The number of carbonyl (C=O) groups is 2. The summed E-state index contributed by atoms with van der Waals surface area (Å²) < 4.78 is 5.31. The maximum Gasteiger partial charge on any atom is 0.229 e. The monoisotopic (exact) mass is 392 g/mol. The third-order valence-corrected chi connectivity index (χ3v) is 4.84. The Morgan fingerprint density at radius 3 is 2.58 bits per heavy atom. The maximum absolute atomic E-state index is 12.6. The summed E-state index contributed by atoms with van der Waals surface area (Å²) in [7, 11) is 1.53. The molecular weight excluding hydrogens is 375 g/mol. The maximum atomic E-state index is 12.6. The second-order valence-electron chi connectivity index (χ2n) is 6.17. The minimum Gasteiger partial charge on any atom is -0.495 e. The molecule has 1 fully saturated rings. The summed E-state index contributed by atoms with van der Waals surface area (Å²) in [6, 6.07) is 10.3. The number of benzene rings is 2. The lowest BCUT2D eigenvalue weighted by Crippen LogP contribution is -2.28. The zero-order valence-corrected chi connectivity index (χ0v) is 15.9. The average molecular weight is 393 g/mol. The predicted octanol–water partition coefficient (Wildman–Crippen LogP) is 4.30. The Labute approximate surface area is 161 Å². The van der Waals surface area contributed by atoms with E-state index in [-0.39, 0.29) is 24.8 Å². The summed E-state index contributed by atoms with van der Waals surface area (Å²) >= 11 is 12.0. The number of rotatable bonds is 4. The Morgan fingerprint density at radius 1 is 1.19 bits per heavy atom. The first-order chi connectivity index (χ1) is 12.4. The minimum atomic E-state index is -0.457. The summed E-state index contributed by atoms with van der Waals surface area (Å²) in [6.07, 6.45) is 0.133. The largest absolute Gasteiger partial charge is 0.495 e. The normalized spacial score (nSPS) is 16.7. The Morgan fingerprint density at radius 2 is 1.88 bits per heavy atom. The van der Waals surface area contributed by atoms with Gasteiger partial charge in [0.1, 0.15) is 5.75 Å². The third-order valence-electron chi connectivity index (χ3n) is 4.37. The molecule has 2 aromatic rings. The highest BCUT2D eigenvalue weighted by molar-refractivity contribution is 6.31. The SMILES string of the molecule is COc1ccc(Cl)cc1N1C[C@H](C(=O)Nc2ccc(Cl)cc2C)CC1=O. The van der Waals surface area contributed by atoms with Crippen LogP contribution in [0, 0.1) is 12.8 Å². The number of hydrogen-bond acceptors (Lipinski definition) is 3. The van der Waals surface area contributed by atoms with Gasteiger partial charge in [-0.2, -0.15) is 0 Å². The van der Waals surface area contributed by atoms with Crippen LogP contribution >= 0.6 is 23.2 Å². The number of aryl methyl sites for hydroxylation is 1. The van der Waals surface area contributed by atoms with E-state index in [1.165, 1.54) is 7.11 Å². The van der Waals surface area contributed by atoms with Crippen molar-refractivity contribution in [3.63, 3.8) is 0 Å². The lowest BCUT2D eigenvalue weighted by molar-refractivity contribution is -0.122. The second-order valence-corrected chi connectivity index (χ2v) is 7.04. The van der Waals surface area contributed by atoms with Gasteiger partial charge in [0.05, 0.1) is 18.7 Å². The number of nitrogens with one attached hydrogen (secondary N) is 1. The van der Waals surface area contributed by atoms with Crippen LogP contribution in [0.25, 0.3) is 0 Å². The van der Waals surface area contributed by atoms with E-state index in [0.29, 0.717) is 27.2 Å². The molecule has 0 spiro atoms. The van der Waals surface area contributed by atoms with E-state index < -0.39 is 5.92 Å². The average Bonchev–Trinajstić information content (AvgIpc) is 2.99. The van der Waals surface area contributed by atoms with Crippen LogP contribution < -0.4 is 15.0 Å². The zero-order valence-electron chi connectivity index (χ0n) is 14.4. The Balaban J connectivity index is 1.77. The van der Waals surface area contributed by atoms with Gasteiger partial charge in [0.25, 0.3) is 0 Å². The van der Waals surface area contributed by atoms with Gasteiger partial charge in [0.2, 0.25) is 11.8 Å². The van der Waals surface area contributed by atoms with Crippen molar-refractivity contribution in [1.29, 1.82) is 0 Å². The number of ether oxygens (including phenoxy) is 1. The van der Waals surface area contributed by atoms with Crippen LogP contribution in [0.5, 0.6) is 5.75 Å². The van der Waals surface area contributed by atoms with Crippen LogP contribution in [0.2, 0.25) is 10.0 Å². The van der Waals surface area contributed by atoms with Gasteiger partial charge in [-0.25, -0.2) is 0 Å². The fourth-order valence-corrected chi connectivity index (χ4v) is 3.39. The van der Waals surface area contributed by atoms with E-state index in [4.69, 9.17) is 27.9 Å². The summed E-state index contributed by atoms with van der Waals surface area (Å²) in [6.45, 7) is 2.14. The molecule has 0 unspecified atom stereocenters. The summed E-state index contributed by atoms with van der Waals surface area (Å²) in [5.41, 5.74) is 2.12. The topological polar surface area (TPSA) is 58.6 Å². The first-order valence-electron chi connectivity index (χ1n) is 8.10. The van der Waals surface area contributed by atoms with Crippen LogP contribution in [-0.4, -0.2) is 25.5 Å². The summed E-state index contributed by atoms with van der Waals surface area (Å²) in [4.78, 5) is 26.6. The molecule has 2 aromatic carbocycles. The quantitative estimate of drug-likeness (QED) is 0.843. The van der Waals surface area contributed by atoms with E-state index in [2.05, 4.69) is 5.32 Å². The predicted molar refractivity (Wildman–Crippen MR) is 103 cm³/mol.